The lowest BCUT2D eigenvalue weighted by Crippen LogP contribution is -2.10. The predicted octanol–water partition coefficient (Wildman–Crippen LogP) is 2.08. The normalized spacial score (nSPS) is 12.4. The van der Waals surface area contributed by atoms with E-state index in [2.05, 4.69) is 11.9 Å². The summed E-state index contributed by atoms with van der Waals surface area (Å²) < 4.78 is 0. The molecule has 3 heteroatoms. The number of carbonyl (C=O) groups is 1. The van der Waals surface area contributed by atoms with Gasteiger partial charge in [-0.25, -0.2) is 0 Å². The topological polar surface area (TPSA) is 56.0 Å². The number of aldehydes is 1. The van der Waals surface area contributed by atoms with Gasteiger partial charge in [0.15, 0.2) is 6.29 Å². The van der Waals surface area contributed by atoms with Crippen molar-refractivity contribution < 1.29 is 4.79 Å². The monoisotopic (exact) mass is 192 g/mol. The molecule has 1 atom stereocenters. The largest absolute Gasteiger partial charge is 0.324 e. The van der Waals surface area contributed by atoms with Crippen molar-refractivity contribution in [1.29, 1.82) is 0 Å². The molecule has 1 aromatic rings. The molecule has 0 saturated heterocycles. The fraction of sp³-hybridized carbons (Fsp3) is 0.455. The van der Waals surface area contributed by atoms with Crippen LogP contribution in [0.2, 0.25) is 0 Å². The minimum Gasteiger partial charge on any atom is -0.324 e. The highest BCUT2D eigenvalue weighted by Crippen LogP contribution is 2.16. The van der Waals surface area contributed by atoms with Crippen LogP contribution < -0.4 is 5.73 Å². The van der Waals surface area contributed by atoms with E-state index in [0.717, 1.165) is 31.1 Å². The van der Waals surface area contributed by atoms with E-state index in [9.17, 15) is 4.79 Å². The van der Waals surface area contributed by atoms with Gasteiger partial charge < -0.3 is 5.73 Å². The zero-order valence-corrected chi connectivity index (χ0v) is 8.44. The molecule has 0 aliphatic carbocycles. The van der Waals surface area contributed by atoms with E-state index in [1.54, 1.807) is 18.5 Å². The van der Waals surface area contributed by atoms with E-state index in [1.165, 1.54) is 0 Å². The van der Waals surface area contributed by atoms with Crippen LogP contribution in [0.5, 0.6) is 0 Å². The van der Waals surface area contributed by atoms with Crippen molar-refractivity contribution in [2.24, 2.45) is 5.73 Å². The van der Waals surface area contributed by atoms with Crippen molar-refractivity contribution in [1.82, 2.24) is 4.98 Å². The van der Waals surface area contributed by atoms with E-state index in [4.69, 9.17) is 5.73 Å². The summed E-state index contributed by atoms with van der Waals surface area (Å²) >= 11 is 0. The minimum atomic E-state index is 0.00218. The summed E-state index contributed by atoms with van der Waals surface area (Å²) in [6, 6.07) is 1.81. The highest BCUT2D eigenvalue weighted by atomic mass is 16.1. The minimum absolute atomic E-state index is 0.00218. The Kier molecular flexibility index (Phi) is 4.26. The molecule has 0 saturated carbocycles. The number of nitrogens with two attached hydrogens (primary N) is 1. The summed E-state index contributed by atoms with van der Waals surface area (Å²) in [5, 5.41) is 0. The second kappa shape index (κ2) is 5.50. The zero-order valence-electron chi connectivity index (χ0n) is 8.44. The third-order valence-corrected chi connectivity index (χ3v) is 2.21. The van der Waals surface area contributed by atoms with Crippen LogP contribution in [-0.4, -0.2) is 11.3 Å². The molecule has 0 aromatic carbocycles. The Hall–Kier alpha value is -1.22. The Balaban J connectivity index is 2.68. The quantitative estimate of drug-likeness (QED) is 0.727. The van der Waals surface area contributed by atoms with Crippen molar-refractivity contribution in [2.45, 2.75) is 32.2 Å². The lowest BCUT2D eigenvalue weighted by atomic mass is 10.0. The summed E-state index contributed by atoms with van der Waals surface area (Å²) in [7, 11) is 0. The van der Waals surface area contributed by atoms with Crippen LogP contribution in [0, 0.1) is 0 Å². The molecule has 1 aromatic heterocycles. The maximum atomic E-state index is 10.5. The second-order valence-electron chi connectivity index (χ2n) is 3.42. The van der Waals surface area contributed by atoms with E-state index < -0.39 is 0 Å². The van der Waals surface area contributed by atoms with Gasteiger partial charge in [-0.05, 0) is 18.1 Å². The SMILES string of the molecule is CCCC[C@H](N)c1cncc(C=O)c1. The number of aromatic nitrogens is 1. The van der Waals surface area contributed by atoms with E-state index >= 15 is 0 Å². The Morgan fingerprint density at radius 2 is 2.36 bits per heavy atom. The number of nitrogens with zero attached hydrogens (tertiary/aromatic N) is 1. The molecule has 1 heterocycles. The van der Waals surface area contributed by atoms with Crippen LogP contribution in [0.15, 0.2) is 18.5 Å². The highest BCUT2D eigenvalue weighted by molar-refractivity contribution is 5.74. The van der Waals surface area contributed by atoms with Crippen LogP contribution >= 0.6 is 0 Å². The van der Waals surface area contributed by atoms with Crippen molar-refractivity contribution in [2.75, 3.05) is 0 Å². The summed E-state index contributed by atoms with van der Waals surface area (Å²) in [6.45, 7) is 2.13. The van der Waals surface area contributed by atoms with Gasteiger partial charge in [-0.15, -0.1) is 0 Å². The third kappa shape index (κ3) is 2.92. The summed E-state index contributed by atoms with van der Waals surface area (Å²) in [5.41, 5.74) is 7.49. The Morgan fingerprint density at radius 3 is 3.00 bits per heavy atom. The molecule has 0 aliphatic heterocycles. The van der Waals surface area contributed by atoms with E-state index in [0.29, 0.717) is 5.56 Å². The number of hydrogen-bond donors (Lipinski definition) is 1. The number of pyridine rings is 1. The van der Waals surface area contributed by atoms with Gasteiger partial charge in [0.05, 0.1) is 0 Å². The first-order valence-corrected chi connectivity index (χ1v) is 4.93. The molecule has 0 spiro atoms. The molecular weight excluding hydrogens is 176 g/mol. The zero-order chi connectivity index (χ0) is 10.4. The molecule has 14 heavy (non-hydrogen) atoms. The van der Waals surface area contributed by atoms with Crippen molar-refractivity contribution in [3.8, 4) is 0 Å². The Morgan fingerprint density at radius 1 is 1.57 bits per heavy atom. The molecule has 0 unspecified atom stereocenters. The molecule has 2 N–H and O–H groups in total. The smallest absolute Gasteiger partial charge is 0.151 e. The van der Waals surface area contributed by atoms with Crippen molar-refractivity contribution in [3.05, 3.63) is 29.6 Å². The summed E-state index contributed by atoms with van der Waals surface area (Å²) in [5.74, 6) is 0. The van der Waals surface area contributed by atoms with Gasteiger partial charge in [-0.1, -0.05) is 19.8 Å². The van der Waals surface area contributed by atoms with Gasteiger partial charge in [0.1, 0.15) is 0 Å². The predicted molar refractivity (Wildman–Crippen MR) is 56.1 cm³/mol. The van der Waals surface area contributed by atoms with Crippen LogP contribution in [-0.2, 0) is 0 Å². The highest BCUT2D eigenvalue weighted by Gasteiger charge is 2.05. The van der Waals surface area contributed by atoms with E-state index in [-0.39, 0.29) is 6.04 Å². The van der Waals surface area contributed by atoms with Gasteiger partial charge in [0, 0.05) is 24.0 Å². The van der Waals surface area contributed by atoms with Gasteiger partial charge >= 0.3 is 0 Å². The average Bonchev–Trinajstić information content (AvgIpc) is 2.26. The van der Waals surface area contributed by atoms with Gasteiger partial charge in [0.25, 0.3) is 0 Å². The average molecular weight is 192 g/mol. The maximum absolute atomic E-state index is 10.5. The molecule has 3 nitrogen and oxygen atoms in total. The second-order valence-corrected chi connectivity index (χ2v) is 3.42. The lowest BCUT2D eigenvalue weighted by molar-refractivity contribution is 0.112. The summed E-state index contributed by atoms with van der Waals surface area (Å²) in [6.07, 6.45) is 7.25. The van der Waals surface area contributed by atoms with Gasteiger partial charge in [-0.2, -0.15) is 0 Å². The molecule has 0 aliphatic rings. The molecule has 0 fully saturated rings. The lowest BCUT2D eigenvalue weighted by Gasteiger charge is -2.10. The molecule has 0 amide bonds. The first kappa shape index (κ1) is 10.9. The van der Waals surface area contributed by atoms with Crippen molar-refractivity contribution >= 4 is 6.29 Å². The van der Waals surface area contributed by atoms with Gasteiger partial charge in [0.2, 0.25) is 0 Å². The van der Waals surface area contributed by atoms with Crippen LogP contribution in [0.25, 0.3) is 0 Å². The van der Waals surface area contributed by atoms with Crippen LogP contribution in [0.3, 0.4) is 0 Å². The fourth-order valence-corrected chi connectivity index (χ4v) is 1.33. The Bertz CT molecular complexity index is 299. The molecule has 1 rings (SSSR count). The van der Waals surface area contributed by atoms with E-state index in [1.807, 2.05) is 0 Å². The molecule has 76 valence electrons. The van der Waals surface area contributed by atoms with Crippen LogP contribution in [0.1, 0.15) is 48.1 Å². The molecule has 0 radical (unpaired) electrons. The number of rotatable bonds is 5. The maximum Gasteiger partial charge on any atom is 0.151 e. The van der Waals surface area contributed by atoms with Crippen LogP contribution in [0.4, 0.5) is 0 Å². The van der Waals surface area contributed by atoms with Crippen molar-refractivity contribution in [3.63, 3.8) is 0 Å². The molecular formula is C11H16N2O. The number of unbranched alkanes of at least 4 members (excludes halogenated alkanes) is 1. The summed E-state index contributed by atoms with van der Waals surface area (Å²) in [4.78, 5) is 14.5. The molecule has 0 bridgehead atoms. The number of carbonyl (C=O) groups excluding carboxylic acids is 1. The fourth-order valence-electron chi connectivity index (χ4n) is 1.33. The first-order chi connectivity index (χ1) is 6.77. The Labute approximate surface area is 84.3 Å². The standard InChI is InChI=1S/C11H16N2O/c1-2-3-4-11(12)10-5-9(8-14)6-13-7-10/h5-8,11H,2-4,12H2,1H3/t11-/m0/s1. The third-order valence-electron chi connectivity index (χ3n) is 2.21. The first-order valence-electron chi connectivity index (χ1n) is 4.93. The van der Waals surface area contributed by atoms with Gasteiger partial charge in [-0.3, -0.25) is 9.78 Å². The number of hydrogen-bond acceptors (Lipinski definition) is 3.